The number of aryl methyl sites for hydroxylation is 2. The minimum atomic E-state index is 0.566. The van der Waals surface area contributed by atoms with Gasteiger partial charge in [0.25, 0.3) is 0 Å². The third-order valence-electron chi connectivity index (χ3n) is 2.78. The second-order valence-corrected chi connectivity index (χ2v) is 4.55. The van der Waals surface area contributed by atoms with Gasteiger partial charge in [0, 0.05) is 31.6 Å². The molecule has 0 atom stereocenters. The molecule has 2 rings (SSSR count). The van der Waals surface area contributed by atoms with E-state index in [-0.39, 0.29) is 0 Å². The van der Waals surface area contributed by atoms with Crippen LogP contribution < -0.4 is 0 Å². The van der Waals surface area contributed by atoms with E-state index in [9.17, 15) is 0 Å². The fourth-order valence-electron chi connectivity index (χ4n) is 1.97. The number of rotatable bonds is 6. The van der Waals surface area contributed by atoms with Crippen molar-refractivity contribution in [3.05, 3.63) is 23.7 Å². The second kappa shape index (κ2) is 6.16. The Morgan fingerprint density at radius 3 is 3.00 bits per heavy atom. The highest BCUT2D eigenvalue weighted by Gasteiger charge is 2.11. The summed E-state index contributed by atoms with van der Waals surface area (Å²) in [6.07, 6.45) is 2.62. The van der Waals surface area contributed by atoms with Gasteiger partial charge in [0.15, 0.2) is 5.65 Å². The highest BCUT2D eigenvalue weighted by atomic mass is 35.5. The number of alkyl halides is 1. The number of imidazole rings is 1. The van der Waals surface area contributed by atoms with Crippen LogP contribution in [0.2, 0.25) is 0 Å². The quantitative estimate of drug-likeness (QED) is 0.597. The summed E-state index contributed by atoms with van der Waals surface area (Å²) in [6, 6.07) is 2.05. The molecule has 0 bridgehead atoms. The Bertz CT molecular complexity index is 524. The molecule has 0 fully saturated rings. The van der Waals surface area contributed by atoms with Crippen LogP contribution in [0, 0.1) is 6.92 Å². The van der Waals surface area contributed by atoms with Crippen LogP contribution in [0.25, 0.3) is 11.2 Å². The monoisotopic (exact) mass is 267 g/mol. The average Bonchev–Trinajstić information content (AvgIpc) is 2.67. The first-order chi connectivity index (χ1) is 8.76. The molecule has 0 aliphatic rings. The molecule has 18 heavy (non-hydrogen) atoms. The largest absolute Gasteiger partial charge is 0.380 e. The van der Waals surface area contributed by atoms with E-state index in [2.05, 4.69) is 20.6 Å². The van der Waals surface area contributed by atoms with Crippen LogP contribution in [-0.2, 0) is 17.7 Å². The first-order valence-electron chi connectivity index (χ1n) is 6.21. The van der Waals surface area contributed by atoms with Crippen LogP contribution >= 0.6 is 11.6 Å². The van der Waals surface area contributed by atoms with Crippen molar-refractivity contribution in [1.29, 1.82) is 0 Å². The Morgan fingerprint density at radius 2 is 2.28 bits per heavy atom. The maximum atomic E-state index is 5.82. The summed E-state index contributed by atoms with van der Waals surface area (Å²) in [5.41, 5.74) is 2.97. The molecule has 98 valence electrons. The molecule has 0 aliphatic heterocycles. The molecule has 0 radical (unpaired) electrons. The standard InChI is InChI=1S/C13H18ClN3O/c1-3-18-7-6-17-12(4-5-14)16-11-8-10(2)9-15-13(11)17/h8-9H,3-7H2,1-2H3. The molecular weight excluding hydrogens is 250 g/mol. The van der Waals surface area contributed by atoms with Crippen molar-refractivity contribution in [2.75, 3.05) is 19.1 Å². The van der Waals surface area contributed by atoms with Crippen molar-refractivity contribution in [1.82, 2.24) is 14.5 Å². The third-order valence-corrected chi connectivity index (χ3v) is 2.97. The van der Waals surface area contributed by atoms with E-state index in [1.165, 1.54) is 0 Å². The normalized spacial score (nSPS) is 11.3. The molecule has 0 saturated carbocycles. The van der Waals surface area contributed by atoms with Crippen molar-refractivity contribution in [2.24, 2.45) is 0 Å². The highest BCUT2D eigenvalue weighted by molar-refractivity contribution is 6.17. The van der Waals surface area contributed by atoms with Crippen molar-refractivity contribution in [3.63, 3.8) is 0 Å². The first-order valence-corrected chi connectivity index (χ1v) is 6.75. The third kappa shape index (κ3) is 2.82. The average molecular weight is 268 g/mol. The van der Waals surface area contributed by atoms with Crippen LogP contribution in [0.1, 0.15) is 18.3 Å². The van der Waals surface area contributed by atoms with Gasteiger partial charge in [-0.15, -0.1) is 11.6 Å². The number of pyridine rings is 1. The van der Waals surface area contributed by atoms with E-state index in [1.807, 2.05) is 20.0 Å². The summed E-state index contributed by atoms with van der Waals surface area (Å²) >= 11 is 5.82. The van der Waals surface area contributed by atoms with Gasteiger partial charge in [0.2, 0.25) is 0 Å². The van der Waals surface area contributed by atoms with Gasteiger partial charge in [-0.1, -0.05) is 0 Å². The van der Waals surface area contributed by atoms with E-state index in [1.54, 1.807) is 0 Å². The molecular formula is C13H18ClN3O. The minimum Gasteiger partial charge on any atom is -0.380 e. The maximum absolute atomic E-state index is 5.82. The summed E-state index contributed by atoms with van der Waals surface area (Å²) in [5, 5.41) is 0. The molecule has 2 aromatic heterocycles. The molecule has 0 saturated heterocycles. The highest BCUT2D eigenvalue weighted by Crippen LogP contribution is 2.16. The zero-order chi connectivity index (χ0) is 13.0. The lowest BCUT2D eigenvalue weighted by atomic mass is 10.3. The van der Waals surface area contributed by atoms with Gasteiger partial charge in [-0.2, -0.15) is 0 Å². The van der Waals surface area contributed by atoms with Gasteiger partial charge in [-0.3, -0.25) is 0 Å². The molecule has 2 aromatic rings. The van der Waals surface area contributed by atoms with E-state index >= 15 is 0 Å². The fraction of sp³-hybridized carbons (Fsp3) is 0.538. The van der Waals surface area contributed by atoms with Crippen LogP contribution in [0.3, 0.4) is 0 Å². The fourth-order valence-corrected chi connectivity index (χ4v) is 2.14. The Hall–Kier alpha value is -1.13. The number of fused-ring (bicyclic) bond motifs is 1. The number of hydrogen-bond acceptors (Lipinski definition) is 3. The number of aromatic nitrogens is 3. The number of nitrogens with zero attached hydrogens (tertiary/aromatic N) is 3. The second-order valence-electron chi connectivity index (χ2n) is 4.17. The smallest absolute Gasteiger partial charge is 0.160 e. The Balaban J connectivity index is 2.35. The Morgan fingerprint density at radius 1 is 1.44 bits per heavy atom. The van der Waals surface area contributed by atoms with Gasteiger partial charge in [-0.25, -0.2) is 9.97 Å². The summed E-state index contributed by atoms with van der Waals surface area (Å²) in [7, 11) is 0. The number of hydrogen-bond donors (Lipinski definition) is 0. The van der Waals surface area contributed by atoms with Crippen LogP contribution in [-0.4, -0.2) is 33.6 Å². The molecule has 0 amide bonds. The summed E-state index contributed by atoms with van der Waals surface area (Å²) in [6.45, 7) is 6.18. The van der Waals surface area contributed by atoms with Crippen LogP contribution in [0.15, 0.2) is 12.3 Å². The molecule has 0 unspecified atom stereocenters. The first kappa shape index (κ1) is 13.3. The molecule has 0 aliphatic carbocycles. The van der Waals surface area contributed by atoms with E-state index in [4.69, 9.17) is 16.3 Å². The topological polar surface area (TPSA) is 39.9 Å². The van der Waals surface area contributed by atoms with Gasteiger partial charge in [0.05, 0.1) is 6.61 Å². The maximum Gasteiger partial charge on any atom is 0.160 e. The predicted molar refractivity (Wildman–Crippen MR) is 73.2 cm³/mol. The summed E-state index contributed by atoms with van der Waals surface area (Å²) in [5.74, 6) is 1.55. The zero-order valence-electron chi connectivity index (χ0n) is 10.8. The van der Waals surface area contributed by atoms with E-state index in [0.717, 1.165) is 42.1 Å². The van der Waals surface area contributed by atoms with Crippen molar-refractivity contribution in [2.45, 2.75) is 26.8 Å². The molecule has 0 aromatic carbocycles. The van der Waals surface area contributed by atoms with Crippen LogP contribution in [0.4, 0.5) is 0 Å². The SMILES string of the molecule is CCOCCn1c(CCCl)nc2cc(C)cnc21. The summed E-state index contributed by atoms with van der Waals surface area (Å²) in [4.78, 5) is 9.07. The molecule has 0 N–H and O–H groups in total. The lowest BCUT2D eigenvalue weighted by Gasteiger charge is -2.07. The molecule has 4 nitrogen and oxygen atoms in total. The molecule has 2 heterocycles. The summed E-state index contributed by atoms with van der Waals surface area (Å²) < 4.78 is 7.51. The van der Waals surface area contributed by atoms with Crippen molar-refractivity contribution in [3.8, 4) is 0 Å². The van der Waals surface area contributed by atoms with Crippen molar-refractivity contribution >= 4 is 22.8 Å². The lowest BCUT2D eigenvalue weighted by molar-refractivity contribution is 0.139. The Kier molecular flexibility index (Phi) is 4.55. The van der Waals surface area contributed by atoms with Gasteiger partial charge >= 0.3 is 0 Å². The minimum absolute atomic E-state index is 0.566. The van der Waals surface area contributed by atoms with Gasteiger partial charge < -0.3 is 9.30 Å². The molecule has 5 heteroatoms. The van der Waals surface area contributed by atoms with E-state index < -0.39 is 0 Å². The van der Waals surface area contributed by atoms with Crippen LogP contribution in [0.5, 0.6) is 0 Å². The van der Waals surface area contributed by atoms with Crippen molar-refractivity contribution < 1.29 is 4.74 Å². The molecule has 0 spiro atoms. The van der Waals surface area contributed by atoms with Gasteiger partial charge in [0.1, 0.15) is 11.3 Å². The van der Waals surface area contributed by atoms with E-state index in [0.29, 0.717) is 12.5 Å². The predicted octanol–water partition coefficient (Wildman–Crippen LogP) is 2.56. The lowest BCUT2D eigenvalue weighted by Crippen LogP contribution is -2.10. The Labute approximate surface area is 112 Å². The number of ether oxygens (including phenoxy) is 1. The number of halogens is 1. The zero-order valence-corrected chi connectivity index (χ0v) is 11.6. The van der Waals surface area contributed by atoms with Gasteiger partial charge in [-0.05, 0) is 25.5 Å².